The van der Waals surface area contributed by atoms with Gasteiger partial charge in [0, 0.05) is 23.6 Å². The smallest absolute Gasteiger partial charge is 0.416 e. The lowest BCUT2D eigenvalue weighted by Crippen LogP contribution is -2.56. The van der Waals surface area contributed by atoms with Crippen molar-refractivity contribution in [2.24, 2.45) is 5.92 Å². The number of ketones is 1. The quantitative estimate of drug-likeness (QED) is 0.601. The van der Waals surface area contributed by atoms with Crippen LogP contribution in [-0.4, -0.2) is 41.6 Å². The van der Waals surface area contributed by atoms with Crippen LogP contribution >= 0.6 is 0 Å². The number of methoxy groups -OCH3 is 1. The van der Waals surface area contributed by atoms with Crippen molar-refractivity contribution in [2.45, 2.75) is 76.7 Å². The molecule has 2 unspecified atom stereocenters. The summed E-state index contributed by atoms with van der Waals surface area (Å²) in [5.74, 6) is -0.771. The van der Waals surface area contributed by atoms with Gasteiger partial charge in [-0.05, 0) is 71.1 Å². The second-order valence-electron chi connectivity index (χ2n) is 9.11. The number of carbonyl (C=O) groups is 2. The Kier molecular flexibility index (Phi) is 6.07. The van der Waals surface area contributed by atoms with Crippen molar-refractivity contribution in [3.8, 4) is 5.75 Å². The van der Waals surface area contributed by atoms with Crippen LogP contribution in [0.4, 0.5) is 18.0 Å². The first-order valence-corrected chi connectivity index (χ1v) is 10.2. The maximum Gasteiger partial charge on any atom is 0.416 e. The van der Waals surface area contributed by atoms with Gasteiger partial charge in [0.1, 0.15) is 11.4 Å². The van der Waals surface area contributed by atoms with Crippen molar-refractivity contribution in [1.29, 1.82) is 0 Å². The van der Waals surface area contributed by atoms with Gasteiger partial charge in [-0.3, -0.25) is 4.79 Å². The average Bonchev–Trinajstić information content (AvgIpc) is 2.63. The van der Waals surface area contributed by atoms with Gasteiger partial charge in [0.05, 0.1) is 12.7 Å². The monoisotopic (exact) mass is 427 g/mol. The summed E-state index contributed by atoms with van der Waals surface area (Å²) in [7, 11) is 1.27. The molecular formula is C22H28F3NO4. The van der Waals surface area contributed by atoms with Gasteiger partial charge >= 0.3 is 12.3 Å². The number of nitrogens with zero attached hydrogens (tertiary/aromatic N) is 1. The SMILES string of the molecule is COc1cc(C(=O)C2CC3CCCC(C2)N3C(=O)OC(C)(C)C)cc(C(F)(F)F)c1. The highest BCUT2D eigenvalue weighted by Crippen LogP contribution is 2.40. The third-order valence-electron chi connectivity index (χ3n) is 5.70. The zero-order chi connectivity index (χ0) is 22.3. The van der Waals surface area contributed by atoms with Crippen LogP contribution < -0.4 is 4.74 Å². The number of Topliss-reactive ketones (excluding diaryl/α,β-unsaturated/α-hetero) is 1. The molecule has 0 aromatic heterocycles. The van der Waals surface area contributed by atoms with E-state index < -0.39 is 23.3 Å². The minimum absolute atomic E-state index is 0.000407. The van der Waals surface area contributed by atoms with Gasteiger partial charge in [-0.15, -0.1) is 0 Å². The van der Waals surface area contributed by atoms with Crippen molar-refractivity contribution >= 4 is 11.9 Å². The van der Waals surface area contributed by atoms with E-state index >= 15 is 0 Å². The molecule has 2 atom stereocenters. The Hall–Kier alpha value is -2.25. The molecule has 0 saturated carbocycles. The molecule has 2 fully saturated rings. The molecule has 2 bridgehead atoms. The van der Waals surface area contributed by atoms with E-state index in [-0.39, 0.29) is 35.3 Å². The van der Waals surface area contributed by atoms with E-state index in [1.807, 2.05) is 0 Å². The molecule has 0 radical (unpaired) electrons. The summed E-state index contributed by atoms with van der Waals surface area (Å²) in [6.07, 6.45) is -1.65. The highest BCUT2D eigenvalue weighted by Gasteiger charge is 2.44. The number of carbonyl (C=O) groups excluding carboxylic acids is 2. The maximum absolute atomic E-state index is 13.2. The van der Waals surface area contributed by atoms with E-state index in [0.717, 1.165) is 31.4 Å². The molecule has 166 valence electrons. The fourth-order valence-corrected chi connectivity index (χ4v) is 4.47. The summed E-state index contributed by atoms with van der Waals surface area (Å²) in [5.41, 5.74) is -1.53. The summed E-state index contributed by atoms with van der Waals surface area (Å²) >= 11 is 0. The Bertz CT molecular complexity index is 802. The summed E-state index contributed by atoms with van der Waals surface area (Å²) in [4.78, 5) is 27.6. The first kappa shape index (κ1) is 22.4. The molecule has 1 aromatic rings. The molecule has 3 rings (SSSR count). The highest BCUT2D eigenvalue weighted by atomic mass is 19.4. The van der Waals surface area contributed by atoms with Crippen LogP contribution in [0.2, 0.25) is 0 Å². The summed E-state index contributed by atoms with van der Waals surface area (Å²) in [6.45, 7) is 5.41. The van der Waals surface area contributed by atoms with Crippen molar-refractivity contribution in [3.05, 3.63) is 29.3 Å². The van der Waals surface area contributed by atoms with Crippen molar-refractivity contribution in [1.82, 2.24) is 4.90 Å². The average molecular weight is 427 g/mol. The lowest BCUT2D eigenvalue weighted by molar-refractivity contribution is -0.137. The van der Waals surface area contributed by atoms with Gasteiger partial charge in [0.2, 0.25) is 0 Å². The van der Waals surface area contributed by atoms with Crippen LogP contribution in [0.25, 0.3) is 0 Å². The Balaban J connectivity index is 1.82. The predicted octanol–water partition coefficient (Wildman–Crippen LogP) is 5.46. The molecule has 8 heteroatoms. The number of hydrogen-bond acceptors (Lipinski definition) is 4. The molecule has 30 heavy (non-hydrogen) atoms. The van der Waals surface area contributed by atoms with Crippen molar-refractivity contribution in [2.75, 3.05) is 7.11 Å². The maximum atomic E-state index is 13.2. The number of fused-ring (bicyclic) bond motifs is 2. The van der Waals surface area contributed by atoms with Gasteiger partial charge < -0.3 is 14.4 Å². The first-order chi connectivity index (χ1) is 13.9. The fourth-order valence-electron chi connectivity index (χ4n) is 4.47. The van der Waals surface area contributed by atoms with Crippen LogP contribution in [0.1, 0.15) is 68.8 Å². The Morgan fingerprint density at radius 1 is 1.03 bits per heavy atom. The third-order valence-corrected chi connectivity index (χ3v) is 5.70. The summed E-state index contributed by atoms with van der Waals surface area (Å²) < 4.78 is 50.2. The van der Waals surface area contributed by atoms with E-state index in [1.165, 1.54) is 13.2 Å². The lowest BCUT2D eigenvalue weighted by atomic mass is 9.75. The van der Waals surface area contributed by atoms with Crippen LogP contribution in [-0.2, 0) is 10.9 Å². The first-order valence-electron chi connectivity index (χ1n) is 10.2. The summed E-state index contributed by atoms with van der Waals surface area (Å²) in [6, 6.07) is 2.84. The number of halogens is 3. The predicted molar refractivity (Wildman–Crippen MR) is 105 cm³/mol. The van der Waals surface area contributed by atoms with Gasteiger partial charge in [-0.2, -0.15) is 13.2 Å². The van der Waals surface area contributed by atoms with E-state index in [9.17, 15) is 22.8 Å². The lowest BCUT2D eigenvalue weighted by Gasteiger charge is -2.48. The minimum Gasteiger partial charge on any atom is -0.497 e. The highest BCUT2D eigenvalue weighted by molar-refractivity contribution is 5.98. The molecule has 0 N–H and O–H groups in total. The van der Waals surface area contributed by atoms with Crippen LogP contribution in [0.5, 0.6) is 5.75 Å². The minimum atomic E-state index is -4.57. The molecule has 1 aromatic carbocycles. The Morgan fingerprint density at radius 3 is 2.13 bits per heavy atom. The fraction of sp³-hybridized carbons (Fsp3) is 0.636. The second kappa shape index (κ2) is 8.12. The number of piperidine rings is 2. The zero-order valence-corrected chi connectivity index (χ0v) is 17.7. The van der Waals surface area contributed by atoms with Crippen molar-refractivity contribution < 1.29 is 32.2 Å². The molecule has 0 spiro atoms. The second-order valence-corrected chi connectivity index (χ2v) is 9.11. The number of ether oxygens (including phenoxy) is 2. The molecule has 5 nitrogen and oxygen atoms in total. The number of alkyl halides is 3. The molecule has 2 aliphatic heterocycles. The normalized spacial score (nSPS) is 24.4. The van der Waals surface area contributed by atoms with E-state index in [2.05, 4.69) is 0 Å². The number of rotatable bonds is 3. The van der Waals surface area contributed by atoms with Crippen LogP contribution in [0.3, 0.4) is 0 Å². The molecule has 2 saturated heterocycles. The number of amides is 1. The Morgan fingerprint density at radius 2 is 1.63 bits per heavy atom. The summed E-state index contributed by atoms with van der Waals surface area (Å²) in [5, 5.41) is 0. The van der Waals surface area contributed by atoms with E-state index in [0.29, 0.717) is 12.8 Å². The largest absolute Gasteiger partial charge is 0.497 e. The van der Waals surface area contributed by atoms with Gasteiger partial charge in [0.25, 0.3) is 0 Å². The van der Waals surface area contributed by atoms with Crippen molar-refractivity contribution in [3.63, 3.8) is 0 Å². The molecule has 2 heterocycles. The van der Waals surface area contributed by atoms with E-state index in [4.69, 9.17) is 9.47 Å². The molecule has 0 aliphatic carbocycles. The van der Waals surface area contributed by atoms with Crippen LogP contribution in [0.15, 0.2) is 18.2 Å². The number of benzene rings is 1. The standard InChI is InChI=1S/C22H28F3NO4/c1-21(2,3)30-20(28)26-16-6-5-7-17(26)10-14(9-16)19(27)13-8-15(22(23,24)25)12-18(11-13)29-4/h8,11-12,14,16-17H,5-7,9-10H2,1-4H3. The van der Waals surface area contributed by atoms with E-state index in [1.54, 1.807) is 25.7 Å². The zero-order valence-electron chi connectivity index (χ0n) is 17.7. The topological polar surface area (TPSA) is 55.8 Å². The van der Waals surface area contributed by atoms with Crippen LogP contribution in [0, 0.1) is 5.92 Å². The van der Waals surface area contributed by atoms with Gasteiger partial charge in [0.15, 0.2) is 5.78 Å². The molecule has 2 aliphatic rings. The van der Waals surface area contributed by atoms with Gasteiger partial charge in [-0.25, -0.2) is 4.79 Å². The Labute approximate surface area is 174 Å². The number of hydrogen-bond donors (Lipinski definition) is 0. The van der Waals surface area contributed by atoms with Gasteiger partial charge in [-0.1, -0.05) is 0 Å². The molecule has 1 amide bonds. The third kappa shape index (κ3) is 4.90. The molecular weight excluding hydrogens is 399 g/mol.